The van der Waals surface area contributed by atoms with E-state index >= 15 is 0 Å². The zero-order valence-corrected chi connectivity index (χ0v) is 12.6. The second-order valence-electron chi connectivity index (χ2n) is 5.27. The Hall–Kier alpha value is -1.45. The Balaban J connectivity index is 3.39. The standard InChI is InChI=1S/C15H27NO3/c1-15(2,3)19-14(17)16-12-10-8-6-5-7-9-11-13-18-4/h7,9,11,13H,5-6,8,10,12H2,1-4H3,(H,16,17)/b9-7+,13-11+. The Morgan fingerprint density at radius 1 is 1.16 bits per heavy atom. The SMILES string of the molecule is CO/C=C/C=C/CCCCCNC(=O)OC(C)(C)C. The third-order valence-electron chi connectivity index (χ3n) is 2.18. The van der Waals surface area contributed by atoms with Crippen LogP contribution < -0.4 is 5.32 Å². The molecule has 0 aromatic heterocycles. The molecule has 110 valence electrons. The number of nitrogens with one attached hydrogen (secondary N) is 1. The minimum Gasteiger partial charge on any atom is -0.504 e. The lowest BCUT2D eigenvalue weighted by Crippen LogP contribution is -2.32. The number of ether oxygens (including phenoxy) is 2. The van der Waals surface area contributed by atoms with Gasteiger partial charge in [0, 0.05) is 6.54 Å². The molecule has 19 heavy (non-hydrogen) atoms. The van der Waals surface area contributed by atoms with E-state index in [4.69, 9.17) is 9.47 Å². The molecule has 1 N–H and O–H groups in total. The third-order valence-corrected chi connectivity index (χ3v) is 2.18. The molecule has 0 fully saturated rings. The van der Waals surface area contributed by atoms with Gasteiger partial charge in [0.1, 0.15) is 5.60 Å². The summed E-state index contributed by atoms with van der Waals surface area (Å²) in [6.07, 6.45) is 11.5. The minimum absolute atomic E-state index is 0.336. The lowest BCUT2D eigenvalue weighted by atomic mass is 10.2. The fourth-order valence-corrected chi connectivity index (χ4v) is 1.37. The highest BCUT2D eigenvalue weighted by Crippen LogP contribution is 2.06. The summed E-state index contributed by atoms with van der Waals surface area (Å²) in [5.74, 6) is 0. The van der Waals surface area contributed by atoms with Gasteiger partial charge in [0.05, 0.1) is 13.4 Å². The average molecular weight is 269 g/mol. The molecule has 0 atom stereocenters. The summed E-state index contributed by atoms with van der Waals surface area (Å²) < 4.78 is 9.91. The molecule has 0 aliphatic carbocycles. The van der Waals surface area contributed by atoms with Gasteiger partial charge in [-0.15, -0.1) is 0 Å². The van der Waals surface area contributed by atoms with E-state index in [1.54, 1.807) is 13.4 Å². The van der Waals surface area contributed by atoms with Crippen molar-refractivity contribution in [2.45, 2.75) is 52.1 Å². The molecule has 1 amide bonds. The normalized spacial score (nSPS) is 12.0. The van der Waals surface area contributed by atoms with Gasteiger partial charge in [-0.1, -0.05) is 18.6 Å². The van der Waals surface area contributed by atoms with Crippen molar-refractivity contribution >= 4 is 6.09 Å². The second-order valence-corrected chi connectivity index (χ2v) is 5.27. The van der Waals surface area contributed by atoms with Crippen LogP contribution in [0.25, 0.3) is 0 Å². The maximum Gasteiger partial charge on any atom is 0.407 e. The zero-order valence-electron chi connectivity index (χ0n) is 12.6. The van der Waals surface area contributed by atoms with Crippen molar-refractivity contribution in [3.63, 3.8) is 0 Å². The van der Waals surface area contributed by atoms with Crippen molar-refractivity contribution in [3.8, 4) is 0 Å². The lowest BCUT2D eigenvalue weighted by Gasteiger charge is -2.19. The Bertz CT molecular complexity index is 290. The molecule has 0 saturated carbocycles. The highest BCUT2D eigenvalue weighted by atomic mass is 16.6. The van der Waals surface area contributed by atoms with E-state index in [1.807, 2.05) is 32.9 Å². The molecule has 0 aromatic carbocycles. The number of carbonyl (C=O) groups excluding carboxylic acids is 1. The number of carbonyl (C=O) groups is 1. The van der Waals surface area contributed by atoms with Gasteiger partial charge in [-0.3, -0.25) is 0 Å². The van der Waals surface area contributed by atoms with Gasteiger partial charge in [-0.05, 0) is 46.1 Å². The summed E-state index contributed by atoms with van der Waals surface area (Å²) in [7, 11) is 1.63. The van der Waals surface area contributed by atoms with E-state index in [0.717, 1.165) is 25.7 Å². The molecule has 0 unspecified atom stereocenters. The molecule has 0 heterocycles. The minimum atomic E-state index is -0.426. The van der Waals surface area contributed by atoms with Gasteiger partial charge in [0.25, 0.3) is 0 Å². The van der Waals surface area contributed by atoms with Crippen LogP contribution in [-0.2, 0) is 9.47 Å². The van der Waals surface area contributed by atoms with Gasteiger partial charge in [-0.2, -0.15) is 0 Å². The largest absolute Gasteiger partial charge is 0.504 e. The fourth-order valence-electron chi connectivity index (χ4n) is 1.37. The van der Waals surface area contributed by atoms with Crippen LogP contribution >= 0.6 is 0 Å². The molecule has 4 heteroatoms. The van der Waals surface area contributed by atoms with E-state index in [2.05, 4.69) is 11.4 Å². The Morgan fingerprint density at radius 2 is 1.89 bits per heavy atom. The lowest BCUT2D eigenvalue weighted by molar-refractivity contribution is 0.0527. The molecule has 0 spiro atoms. The summed E-state index contributed by atoms with van der Waals surface area (Å²) >= 11 is 0. The number of alkyl carbamates (subject to hydrolysis) is 1. The van der Waals surface area contributed by atoms with Crippen LogP contribution in [0.4, 0.5) is 4.79 Å². The molecule has 0 aliphatic heterocycles. The first-order chi connectivity index (χ1) is 8.95. The molecular formula is C15H27NO3. The van der Waals surface area contributed by atoms with Crippen LogP contribution in [0.5, 0.6) is 0 Å². The van der Waals surface area contributed by atoms with Gasteiger partial charge < -0.3 is 14.8 Å². The maximum atomic E-state index is 11.3. The number of methoxy groups -OCH3 is 1. The van der Waals surface area contributed by atoms with Gasteiger partial charge in [0.15, 0.2) is 0 Å². The number of hydrogen-bond acceptors (Lipinski definition) is 3. The summed E-state index contributed by atoms with van der Waals surface area (Å²) in [6.45, 7) is 6.24. The van der Waals surface area contributed by atoms with E-state index in [9.17, 15) is 4.79 Å². The molecule has 0 aromatic rings. The summed E-state index contributed by atoms with van der Waals surface area (Å²) in [4.78, 5) is 11.3. The molecule has 0 bridgehead atoms. The third kappa shape index (κ3) is 14.5. The molecule has 0 saturated heterocycles. The van der Waals surface area contributed by atoms with Crippen LogP contribution in [0.2, 0.25) is 0 Å². The molecule has 0 radical (unpaired) electrons. The second kappa shape index (κ2) is 10.5. The first-order valence-electron chi connectivity index (χ1n) is 6.77. The smallest absolute Gasteiger partial charge is 0.407 e. The number of unbranched alkanes of at least 4 members (excludes halogenated alkanes) is 3. The van der Waals surface area contributed by atoms with Gasteiger partial charge >= 0.3 is 6.09 Å². The van der Waals surface area contributed by atoms with Crippen molar-refractivity contribution < 1.29 is 14.3 Å². The maximum absolute atomic E-state index is 11.3. The monoisotopic (exact) mass is 269 g/mol. The number of rotatable bonds is 8. The number of allylic oxidation sites excluding steroid dienone is 3. The van der Waals surface area contributed by atoms with E-state index in [0.29, 0.717) is 6.54 Å². The molecular weight excluding hydrogens is 242 g/mol. The molecule has 4 nitrogen and oxygen atoms in total. The molecule has 0 aliphatic rings. The number of amides is 1. The van der Waals surface area contributed by atoms with E-state index < -0.39 is 5.60 Å². The van der Waals surface area contributed by atoms with Crippen LogP contribution in [-0.4, -0.2) is 25.3 Å². The first-order valence-corrected chi connectivity index (χ1v) is 6.77. The van der Waals surface area contributed by atoms with Crippen LogP contribution in [0.3, 0.4) is 0 Å². The van der Waals surface area contributed by atoms with Gasteiger partial charge in [0.2, 0.25) is 0 Å². The highest BCUT2D eigenvalue weighted by Gasteiger charge is 2.15. The van der Waals surface area contributed by atoms with E-state index in [1.165, 1.54) is 0 Å². The topological polar surface area (TPSA) is 47.6 Å². The first kappa shape index (κ1) is 17.6. The Labute approximate surface area is 116 Å². The van der Waals surface area contributed by atoms with Crippen molar-refractivity contribution in [3.05, 3.63) is 24.5 Å². The summed E-state index contributed by atoms with van der Waals surface area (Å²) in [5.41, 5.74) is -0.426. The van der Waals surface area contributed by atoms with Crippen molar-refractivity contribution in [1.82, 2.24) is 5.32 Å². The predicted octanol–water partition coefficient (Wildman–Crippen LogP) is 3.79. The number of hydrogen-bond donors (Lipinski definition) is 1. The zero-order chi connectivity index (χ0) is 14.6. The van der Waals surface area contributed by atoms with Crippen molar-refractivity contribution in [2.75, 3.05) is 13.7 Å². The quantitative estimate of drug-likeness (QED) is 0.414. The summed E-state index contributed by atoms with van der Waals surface area (Å²) in [5, 5.41) is 2.75. The predicted molar refractivity (Wildman–Crippen MR) is 78.0 cm³/mol. The van der Waals surface area contributed by atoms with Gasteiger partial charge in [-0.25, -0.2) is 4.79 Å². The van der Waals surface area contributed by atoms with E-state index in [-0.39, 0.29) is 6.09 Å². The van der Waals surface area contributed by atoms with Crippen LogP contribution in [0.15, 0.2) is 24.5 Å². The van der Waals surface area contributed by atoms with Crippen LogP contribution in [0.1, 0.15) is 46.5 Å². The molecule has 0 rings (SSSR count). The summed E-state index contributed by atoms with van der Waals surface area (Å²) in [6, 6.07) is 0. The Morgan fingerprint density at radius 3 is 2.53 bits per heavy atom. The fraction of sp³-hybridized carbons (Fsp3) is 0.667. The Kier molecular flexibility index (Phi) is 9.67. The average Bonchev–Trinajstić information content (AvgIpc) is 2.29. The van der Waals surface area contributed by atoms with Crippen molar-refractivity contribution in [2.24, 2.45) is 0 Å². The van der Waals surface area contributed by atoms with Crippen LogP contribution in [0, 0.1) is 0 Å². The highest BCUT2D eigenvalue weighted by molar-refractivity contribution is 5.67. The van der Waals surface area contributed by atoms with Crippen molar-refractivity contribution in [1.29, 1.82) is 0 Å².